The molecule has 0 aliphatic carbocycles. The van der Waals surface area contributed by atoms with E-state index in [1.807, 2.05) is 25.7 Å². The number of hydrogen-bond acceptors (Lipinski definition) is 2. The summed E-state index contributed by atoms with van der Waals surface area (Å²) in [7, 11) is 3.46. The summed E-state index contributed by atoms with van der Waals surface area (Å²) in [5.74, 6) is 0.194. The Hall–Kier alpha value is -1.26. The molecule has 0 atom stereocenters. The highest BCUT2D eigenvalue weighted by Crippen LogP contribution is 2.20. The predicted molar refractivity (Wildman–Crippen MR) is 71.3 cm³/mol. The Balaban J connectivity index is 2.42. The van der Waals surface area contributed by atoms with Gasteiger partial charge in [-0.25, -0.2) is 4.79 Å². The maximum atomic E-state index is 12.1. The van der Waals surface area contributed by atoms with Crippen molar-refractivity contribution < 1.29 is 9.59 Å². The first-order valence-corrected chi connectivity index (χ1v) is 6.49. The summed E-state index contributed by atoms with van der Waals surface area (Å²) in [6.45, 7) is 7.28. The van der Waals surface area contributed by atoms with E-state index in [4.69, 9.17) is 0 Å². The molecule has 1 fully saturated rings. The van der Waals surface area contributed by atoms with Crippen LogP contribution >= 0.6 is 0 Å². The van der Waals surface area contributed by atoms with E-state index in [2.05, 4.69) is 5.32 Å². The Morgan fingerprint density at radius 3 is 2.06 bits per heavy atom. The van der Waals surface area contributed by atoms with Crippen LogP contribution in [0.1, 0.15) is 33.6 Å². The average Bonchev–Trinajstić information content (AvgIpc) is 2.27. The van der Waals surface area contributed by atoms with Crippen molar-refractivity contribution in [1.29, 1.82) is 0 Å². The molecule has 5 nitrogen and oxygen atoms in total. The minimum Gasteiger partial charge on any atom is -0.342 e. The SMILES string of the molecule is CN(C)C(=O)NC1CCN(C(=O)C(C)(C)C)CC1. The van der Waals surface area contributed by atoms with Gasteiger partial charge in [-0.2, -0.15) is 0 Å². The molecular weight excluding hydrogens is 230 g/mol. The van der Waals surface area contributed by atoms with Crippen LogP contribution < -0.4 is 5.32 Å². The van der Waals surface area contributed by atoms with Gasteiger partial charge in [0.2, 0.25) is 5.91 Å². The summed E-state index contributed by atoms with van der Waals surface area (Å²) in [6.07, 6.45) is 1.67. The third-order valence-electron chi connectivity index (χ3n) is 3.16. The smallest absolute Gasteiger partial charge is 0.317 e. The van der Waals surface area contributed by atoms with Gasteiger partial charge in [-0.1, -0.05) is 20.8 Å². The number of rotatable bonds is 1. The maximum Gasteiger partial charge on any atom is 0.317 e. The lowest BCUT2D eigenvalue weighted by atomic mass is 9.93. The number of nitrogens with zero attached hydrogens (tertiary/aromatic N) is 2. The molecule has 1 aliphatic rings. The number of carbonyl (C=O) groups excluding carboxylic acids is 2. The van der Waals surface area contributed by atoms with E-state index < -0.39 is 0 Å². The van der Waals surface area contributed by atoms with Gasteiger partial charge in [0.15, 0.2) is 0 Å². The Morgan fingerprint density at radius 2 is 1.67 bits per heavy atom. The monoisotopic (exact) mass is 255 g/mol. The average molecular weight is 255 g/mol. The van der Waals surface area contributed by atoms with Crippen molar-refractivity contribution >= 4 is 11.9 Å². The number of amides is 3. The number of likely N-dealkylation sites (tertiary alicyclic amines) is 1. The zero-order chi connectivity index (χ0) is 13.9. The molecule has 0 radical (unpaired) electrons. The lowest BCUT2D eigenvalue weighted by molar-refractivity contribution is -0.140. The molecule has 1 rings (SSSR count). The fourth-order valence-electron chi connectivity index (χ4n) is 2.00. The van der Waals surface area contributed by atoms with Gasteiger partial charge >= 0.3 is 6.03 Å². The van der Waals surface area contributed by atoms with Crippen LogP contribution in [-0.4, -0.2) is 55.0 Å². The van der Waals surface area contributed by atoms with Gasteiger partial charge in [-0.15, -0.1) is 0 Å². The lowest BCUT2D eigenvalue weighted by Crippen LogP contribution is -2.50. The van der Waals surface area contributed by atoms with Gasteiger partial charge in [-0.3, -0.25) is 4.79 Å². The van der Waals surface area contributed by atoms with Crippen molar-refractivity contribution in [2.45, 2.75) is 39.7 Å². The van der Waals surface area contributed by atoms with Crippen molar-refractivity contribution in [3.05, 3.63) is 0 Å². The molecule has 1 N–H and O–H groups in total. The van der Waals surface area contributed by atoms with Crippen LogP contribution in [0.5, 0.6) is 0 Å². The summed E-state index contributed by atoms with van der Waals surface area (Å²) in [5.41, 5.74) is -0.320. The van der Waals surface area contributed by atoms with Crippen LogP contribution in [-0.2, 0) is 4.79 Å². The number of hydrogen-bond donors (Lipinski definition) is 1. The van der Waals surface area contributed by atoms with Gasteiger partial charge in [0.1, 0.15) is 0 Å². The summed E-state index contributed by atoms with van der Waals surface area (Å²) >= 11 is 0. The number of piperidine rings is 1. The summed E-state index contributed by atoms with van der Waals surface area (Å²) in [4.78, 5) is 27.0. The summed E-state index contributed by atoms with van der Waals surface area (Å²) in [6, 6.07) is 0.125. The molecule has 0 aromatic carbocycles. The van der Waals surface area contributed by atoms with Crippen LogP contribution in [0.15, 0.2) is 0 Å². The molecule has 0 spiro atoms. The second-order valence-corrected chi connectivity index (χ2v) is 6.16. The fourth-order valence-corrected chi connectivity index (χ4v) is 2.00. The zero-order valence-electron chi connectivity index (χ0n) is 12.1. The molecule has 0 saturated carbocycles. The first-order valence-electron chi connectivity index (χ1n) is 6.49. The molecule has 1 saturated heterocycles. The molecule has 5 heteroatoms. The standard InChI is InChI=1S/C13H25N3O2/c1-13(2,3)11(17)16-8-6-10(7-9-16)14-12(18)15(4)5/h10H,6-9H2,1-5H3,(H,14,18). The molecule has 0 aromatic rings. The van der Waals surface area contributed by atoms with Crippen LogP contribution in [0, 0.1) is 5.41 Å². The zero-order valence-corrected chi connectivity index (χ0v) is 12.1. The largest absolute Gasteiger partial charge is 0.342 e. The molecule has 0 unspecified atom stereocenters. The number of carbonyl (C=O) groups is 2. The van der Waals surface area contributed by atoms with Gasteiger partial charge in [0.05, 0.1) is 0 Å². The highest BCUT2D eigenvalue weighted by atomic mass is 16.2. The Labute approximate surface area is 110 Å². The first kappa shape index (κ1) is 14.8. The topological polar surface area (TPSA) is 52.7 Å². The highest BCUT2D eigenvalue weighted by molar-refractivity contribution is 5.81. The number of nitrogens with one attached hydrogen (secondary N) is 1. The Kier molecular flexibility index (Phi) is 4.59. The molecule has 1 aliphatic heterocycles. The number of urea groups is 1. The van der Waals surface area contributed by atoms with Crippen LogP contribution in [0.4, 0.5) is 4.79 Å². The molecule has 0 aromatic heterocycles. The van der Waals surface area contributed by atoms with E-state index in [9.17, 15) is 9.59 Å². The highest BCUT2D eigenvalue weighted by Gasteiger charge is 2.30. The van der Waals surface area contributed by atoms with E-state index in [0.29, 0.717) is 0 Å². The Morgan fingerprint density at radius 1 is 1.17 bits per heavy atom. The lowest BCUT2D eigenvalue weighted by Gasteiger charge is -2.36. The van der Waals surface area contributed by atoms with E-state index in [1.54, 1.807) is 14.1 Å². The van der Waals surface area contributed by atoms with Crippen molar-refractivity contribution in [3.63, 3.8) is 0 Å². The normalized spacial score (nSPS) is 17.5. The minimum atomic E-state index is -0.320. The van der Waals surface area contributed by atoms with Crippen molar-refractivity contribution in [2.75, 3.05) is 27.2 Å². The van der Waals surface area contributed by atoms with E-state index in [1.165, 1.54) is 4.90 Å². The van der Waals surface area contributed by atoms with Gasteiger partial charge in [0, 0.05) is 38.6 Å². The third kappa shape index (κ3) is 3.89. The molecular formula is C13H25N3O2. The van der Waals surface area contributed by atoms with E-state index in [0.717, 1.165) is 25.9 Å². The van der Waals surface area contributed by atoms with Crippen LogP contribution in [0.25, 0.3) is 0 Å². The minimum absolute atomic E-state index is 0.0596. The predicted octanol–water partition coefficient (Wildman–Crippen LogP) is 1.29. The fraction of sp³-hybridized carbons (Fsp3) is 0.846. The van der Waals surface area contributed by atoms with Crippen LogP contribution in [0.2, 0.25) is 0 Å². The van der Waals surface area contributed by atoms with Crippen molar-refractivity contribution in [3.8, 4) is 0 Å². The van der Waals surface area contributed by atoms with Gasteiger partial charge in [0.25, 0.3) is 0 Å². The second-order valence-electron chi connectivity index (χ2n) is 6.16. The van der Waals surface area contributed by atoms with Gasteiger partial charge < -0.3 is 15.1 Å². The first-order chi connectivity index (χ1) is 8.21. The second kappa shape index (κ2) is 5.59. The molecule has 0 bridgehead atoms. The van der Waals surface area contributed by atoms with E-state index >= 15 is 0 Å². The quantitative estimate of drug-likeness (QED) is 0.767. The van der Waals surface area contributed by atoms with Gasteiger partial charge in [-0.05, 0) is 12.8 Å². The maximum absolute atomic E-state index is 12.1. The molecule has 3 amide bonds. The van der Waals surface area contributed by atoms with Crippen molar-refractivity contribution in [2.24, 2.45) is 5.41 Å². The summed E-state index contributed by atoms with van der Waals surface area (Å²) in [5, 5.41) is 2.97. The Bertz CT molecular complexity index is 313. The summed E-state index contributed by atoms with van der Waals surface area (Å²) < 4.78 is 0. The van der Waals surface area contributed by atoms with Crippen molar-refractivity contribution in [1.82, 2.24) is 15.1 Å². The van der Waals surface area contributed by atoms with E-state index in [-0.39, 0.29) is 23.4 Å². The molecule has 18 heavy (non-hydrogen) atoms. The third-order valence-corrected chi connectivity index (χ3v) is 3.16. The molecule has 1 heterocycles. The molecule has 104 valence electrons. The van der Waals surface area contributed by atoms with Crippen LogP contribution in [0.3, 0.4) is 0 Å².